The number of nitrogens with one attached hydrogen (secondary N) is 2. The van der Waals surface area contributed by atoms with E-state index in [-0.39, 0.29) is 17.9 Å². The predicted octanol–water partition coefficient (Wildman–Crippen LogP) is 5.11. The zero-order chi connectivity index (χ0) is 25.4. The number of benzene rings is 1. The van der Waals surface area contributed by atoms with Gasteiger partial charge in [0.25, 0.3) is 5.91 Å². The molecule has 1 unspecified atom stereocenters. The van der Waals surface area contributed by atoms with E-state index in [1.54, 1.807) is 43.0 Å². The highest BCUT2D eigenvalue weighted by molar-refractivity contribution is 6.04. The van der Waals surface area contributed by atoms with Crippen molar-refractivity contribution in [2.24, 2.45) is 0 Å². The maximum atomic E-state index is 12.5. The van der Waals surface area contributed by atoms with Crippen LogP contribution in [0.2, 0.25) is 0 Å². The first-order chi connectivity index (χ1) is 18.0. The number of ether oxygens (including phenoxy) is 1. The Morgan fingerprint density at radius 3 is 2.65 bits per heavy atom. The van der Waals surface area contributed by atoms with Gasteiger partial charge in [0, 0.05) is 65.6 Å². The summed E-state index contributed by atoms with van der Waals surface area (Å²) in [5.74, 6) is 1.30. The minimum atomic E-state index is -0.241. The van der Waals surface area contributed by atoms with Gasteiger partial charge in [0.15, 0.2) is 0 Å². The van der Waals surface area contributed by atoms with Crippen LogP contribution in [0.1, 0.15) is 41.8 Å². The summed E-state index contributed by atoms with van der Waals surface area (Å²) in [6, 6.07) is 13.0. The fourth-order valence-electron chi connectivity index (χ4n) is 4.71. The van der Waals surface area contributed by atoms with E-state index in [1.807, 2.05) is 42.3 Å². The Kier molecular flexibility index (Phi) is 5.72. The summed E-state index contributed by atoms with van der Waals surface area (Å²) in [4.78, 5) is 39.2. The van der Waals surface area contributed by atoms with Crippen LogP contribution in [-0.4, -0.2) is 33.3 Å². The second kappa shape index (κ2) is 9.34. The highest BCUT2D eigenvalue weighted by Gasteiger charge is 2.27. The van der Waals surface area contributed by atoms with Crippen molar-refractivity contribution in [2.75, 3.05) is 22.1 Å². The summed E-state index contributed by atoms with van der Waals surface area (Å²) < 4.78 is 6.25. The summed E-state index contributed by atoms with van der Waals surface area (Å²) in [6.45, 7) is 2.74. The Balaban J connectivity index is 1.22. The van der Waals surface area contributed by atoms with Gasteiger partial charge in [-0.15, -0.1) is 0 Å². The van der Waals surface area contributed by atoms with Crippen LogP contribution in [0.25, 0.3) is 11.1 Å². The molecule has 2 aliphatic heterocycles. The summed E-state index contributed by atoms with van der Waals surface area (Å²) >= 11 is 0. The molecular weight excluding hydrogens is 468 g/mol. The van der Waals surface area contributed by atoms with Crippen molar-refractivity contribution < 1.29 is 14.3 Å². The summed E-state index contributed by atoms with van der Waals surface area (Å²) in [7, 11) is 0. The van der Waals surface area contributed by atoms with E-state index in [0.717, 1.165) is 41.1 Å². The van der Waals surface area contributed by atoms with Crippen molar-refractivity contribution in [3.8, 4) is 16.9 Å². The van der Waals surface area contributed by atoms with E-state index in [4.69, 9.17) is 4.74 Å². The fourth-order valence-corrected chi connectivity index (χ4v) is 4.71. The zero-order valence-corrected chi connectivity index (χ0v) is 20.1. The lowest BCUT2D eigenvalue weighted by molar-refractivity contribution is -0.117. The van der Waals surface area contributed by atoms with E-state index in [2.05, 4.69) is 25.6 Å². The maximum Gasteiger partial charge on any atom is 0.255 e. The lowest BCUT2D eigenvalue weighted by atomic mass is 9.94. The summed E-state index contributed by atoms with van der Waals surface area (Å²) in [6.07, 6.45) is 9.50. The smallest absolute Gasteiger partial charge is 0.255 e. The summed E-state index contributed by atoms with van der Waals surface area (Å²) in [5, 5.41) is 6.11. The Morgan fingerprint density at radius 1 is 1.00 bits per heavy atom. The third kappa shape index (κ3) is 4.47. The van der Waals surface area contributed by atoms with Crippen molar-refractivity contribution in [2.45, 2.75) is 25.9 Å². The maximum absolute atomic E-state index is 12.5. The van der Waals surface area contributed by atoms with E-state index in [1.165, 1.54) is 0 Å². The van der Waals surface area contributed by atoms with Gasteiger partial charge in [0.1, 0.15) is 17.7 Å². The number of anilines is 4. The third-order valence-electron chi connectivity index (χ3n) is 6.53. The average molecular weight is 493 g/mol. The minimum absolute atomic E-state index is 0.150. The quantitative estimate of drug-likeness (QED) is 0.398. The van der Waals surface area contributed by atoms with Gasteiger partial charge in [0.05, 0.1) is 23.8 Å². The molecule has 1 fully saturated rings. The molecule has 0 bridgehead atoms. The molecule has 37 heavy (non-hydrogen) atoms. The summed E-state index contributed by atoms with van der Waals surface area (Å²) in [5.41, 5.74) is 5.57. The highest BCUT2D eigenvalue weighted by Crippen LogP contribution is 2.44. The molecule has 1 atom stereocenters. The Morgan fingerprint density at radius 2 is 1.84 bits per heavy atom. The van der Waals surface area contributed by atoms with Crippen molar-refractivity contribution in [1.82, 2.24) is 15.0 Å². The number of aromatic nitrogens is 3. The van der Waals surface area contributed by atoms with Crippen LogP contribution in [0.4, 0.5) is 22.9 Å². The van der Waals surface area contributed by atoms with Gasteiger partial charge in [-0.2, -0.15) is 0 Å². The largest absolute Gasteiger partial charge is 0.485 e. The van der Waals surface area contributed by atoms with Gasteiger partial charge in [-0.1, -0.05) is 0 Å². The molecule has 0 saturated carbocycles. The first kappa shape index (κ1) is 22.7. The van der Waals surface area contributed by atoms with Gasteiger partial charge in [0.2, 0.25) is 5.91 Å². The monoisotopic (exact) mass is 492 g/mol. The first-order valence-electron chi connectivity index (χ1n) is 12.1. The van der Waals surface area contributed by atoms with Gasteiger partial charge in [-0.25, -0.2) is 4.98 Å². The van der Waals surface area contributed by atoms with Crippen molar-refractivity contribution in [1.29, 1.82) is 0 Å². The molecule has 0 aliphatic carbocycles. The van der Waals surface area contributed by atoms with Crippen LogP contribution in [0, 0.1) is 0 Å². The number of carbonyl (C=O) groups is 2. The molecule has 0 spiro atoms. The zero-order valence-electron chi connectivity index (χ0n) is 20.1. The number of rotatable bonds is 5. The van der Waals surface area contributed by atoms with Crippen LogP contribution in [0.5, 0.6) is 5.75 Å². The van der Waals surface area contributed by atoms with E-state index in [9.17, 15) is 9.59 Å². The molecule has 5 heterocycles. The topological polar surface area (TPSA) is 109 Å². The molecular formula is C28H24N6O3. The average Bonchev–Trinajstić information content (AvgIpc) is 3.35. The van der Waals surface area contributed by atoms with E-state index < -0.39 is 0 Å². The van der Waals surface area contributed by atoms with Crippen LogP contribution in [0.3, 0.4) is 0 Å². The number of carbonyl (C=O) groups excluding carboxylic acids is 2. The van der Waals surface area contributed by atoms with Gasteiger partial charge in [-0.05, 0) is 49.7 Å². The fraction of sp³-hybridized carbons (Fsp3) is 0.179. The Labute approximate surface area is 213 Å². The van der Waals surface area contributed by atoms with Gasteiger partial charge >= 0.3 is 0 Å². The normalized spacial score (nSPS) is 16.0. The number of fused-ring (bicyclic) bond motifs is 3. The number of hydrogen-bond donors (Lipinski definition) is 2. The van der Waals surface area contributed by atoms with Gasteiger partial charge in [-0.3, -0.25) is 19.6 Å². The molecule has 0 radical (unpaired) electrons. The van der Waals surface area contributed by atoms with E-state index >= 15 is 0 Å². The van der Waals surface area contributed by atoms with Crippen molar-refractivity contribution >= 4 is 34.7 Å². The molecule has 2 N–H and O–H groups in total. The molecule has 4 aromatic rings. The standard InChI is InChI=1S/C28H24N6O3/c1-17-23-13-26(32-19-11-20(15-30-14-19)33-28(36)18-6-8-29-9-7-18)31-16-24(23)22-5-4-21(12-25(22)37-17)34-10-2-3-27(34)35/h4-9,11-17H,2-3,10H2,1H3,(H,31,32)(H,33,36). The molecule has 9 heteroatoms. The lowest BCUT2D eigenvalue weighted by Crippen LogP contribution is -2.24. The molecule has 9 nitrogen and oxygen atoms in total. The molecule has 1 saturated heterocycles. The highest BCUT2D eigenvalue weighted by atomic mass is 16.5. The van der Waals surface area contributed by atoms with Crippen LogP contribution in [0.15, 0.2) is 73.4 Å². The Bertz CT molecular complexity index is 1510. The second-order valence-corrected chi connectivity index (χ2v) is 9.02. The van der Waals surface area contributed by atoms with Gasteiger partial charge < -0.3 is 20.3 Å². The van der Waals surface area contributed by atoms with Crippen LogP contribution >= 0.6 is 0 Å². The first-order valence-corrected chi connectivity index (χ1v) is 12.1. The van der Waals surface area contributed by atoms with Crippen molar-refractivity contribution in [3.63, 3.8) is 0 Å². The molecule has 2 amide bonds. The van der Waals surface area contributed by atoms with Crippen LogP contribution < -0.4 is 20.3 Å². The molecule has 2 aliphatic rings. The Hall–Kier alpha value is -4.79. The molecule has 3 aromatic heterocycles. The third-order valence-corrected chi connectivity index (χ3v) is 6.53. The molecule has 6 rings (SSSR count). The molecule has 184 valence electrons. The number of nitrogens with zero attached hydrogens (tertiary/aromatic N) is 4. The number of hydrogen-bond acceptors (Lipinski definition) is 7. The minimum Gasteiger partial charge on any atom is -0.485 e. The number of pyridine rings is 3. The van der Waals surface area contributed by atoms with Crippen molar-refractivity contribution in [3.05, 3.63) is 84.6 Å². The van der Waals surface area contributed by atoms with Crippen LogP contribution in [-0.2, 0) is 4.79 Å². The number of amides is 2. The molecule has 1 aromatic carbocycles. The second-order valence-electron chi connectivity index (χ2n) is 9.02. The van der Waals surface area contributed by atoms with E-state index in [0.29, 0.717) is 29.2 Å². The SMILES string of the molecule is CC1Oc2cc(N3CCCC3=O)ccc2-c2cnc(Nc3cncc(NC(=O)c4ccncc4)c3)cc21. The predicted molar refractivity (Wildman–Crippen MR) is 140 cm³/mol. The lowest BCUT2D eigenvalue weighted by Gasteiger charge is -2.28.